The second-order valence-electron chi connectivity index (χ2n) is 5.48. The van der Waals surface area contributed by atoms with Gasteiger partial charge < -0.3 is 10.2 Å². The van der Waals surface area contributed by atoms with Crippen molar-refractivity contribution in [3.05, 3.63) is 29.3 Å². The van der Waals surface area contributed by atoms with Crippen LogP contribution in [0.5, 0.6) is 0 Å². The van der Waals surface area contributed by atoms with E-state index < -0.39 is 0 Å². The van der Waals surface area contributed by atoms with Gasteiger partial charge in [-0.15, -0.1) is 0 Å². The average Bonchev–Trinajstić information content (AvgIpc) is 2.38. The van der Waals surface area contributed by atoms with Gasteiger partial charge in [0.25, 0.3) is 0 Å². The quantitative estimate of drug-likeness (QED) is 0.825. The smallest absolute Gasteiger partial charge is 0.0639 e. The molecule has 1 saturated heterocycles. The van der Waals surface area contributed by atoms with Crippen molar-refractivity contribution in [1.29, 1.82) is 0 Å². The van der Waals surface area contributed by atoms with Crippen LogP contribution < -0.4 is 10.2 Å². The van der Waals surface area contributed by atoms with E-state index in [1.807, 2.05) is 12.1 Å². The highest BCUT2D eigenvalue weighted by Crippen LogP contribution is 2.33. The van der Waals surface area contributed by atoms with Crippen LogP contribution in [0.25, 0.3) is 0 Å². The van der Waals surface area contributed by atoms with Gasteiger partial charge in [0, 0.05) is 18.1 Å². The summed E-state index contributed by atoms with van der Waals surface area (Å²) in [5.74, 6) is 0. The second kappa shape index (κ2) is 4.87. The number of hydrogen-bond acceptors (Lipinski definition) is 2. The summed E-state index contributed by atoms with van der Waals surface area (Å²) in [6.45, 7) is 8.86. The fourth-order valence-corrected chi connectivity index (χ4v) is 2.68. The van der Waals surface area contributed by atoms with Gasteiger partial charge in [-0.1, -0.05) is 23.7 Å². The lowest BCUT2D eigenvalue weighted by Crippen LogP contribution is -2.46. The molecule has 17 heavy (non-hydrogen) atoms. The molecule has 1 unspecified atom stereocenters. The molecule has 1 heterocycles. The van der Waals surface area contributed by atoms with Crippen LogP contribution in [0, 0.1) is 0 Å². The highest BCUT2D eigenvalue weighted by atomic mass is 35.5. The van der Waals surface area contributed by atoms with E-state index in [0.717, 1.165) is 30.2 Å². The third kappa shape index (κ3) is 2.75. The average molecular weight is 253 g/mol. The van der Waals surface area contributed by atoms with Crippen molar-refractivity contribution in [2.75, 3.05) is 18.0 Å². The van der Waals surface area contributed by atoms with E-state index in [-0.39, 0.29) is 5.54 Å². The molecule has 1 fully saturated rings. The molecule has 1 aromatic rings. The van der Waals surface area contributed by atoms with Crippen LogP contribution in [0.1, 0.15) is 27.2 Å². The maximum atomic E-state index is 6.32. The van der Waals surface area contributed by atoms with E-state index >= 15 is 0 Å². The minimum absolute atomic E-state index is 0.142. The van der Waals surface area contributed by atoms with E-state index in [1.54, 1.807) is 0 Å². The first kappa shape index (κ1) is 12.7. The van der Waals surface area contributed by atoms with Crippen LogP contribution in [0.2, 0.25) is 5.02 Å². The number of hydrogen-bond donors (Lipinski definition) is 1. The summed E-state index contributed by atoms with van der Waals surface area (Å²) in [4.78, 5) is 2.43. The lowest BCUT2D eigenvalue weighted by molar-refractivity contribution is 0.453. The first-order valence-electron chi connectivity index (χ1n) is 6.26. The van der Waals surface area contributed by atoms with Crippen molar-refractivity contribution in [3.8, 4) is 0 Å². The van der Waals surface area contributed by atoms with Gasteiger partial charge in [0.05, 0.1) is 10.7 Å². The Morgan fingerprint density at radius 3 is 2.76 bits per heavy atom. The largest absolute Gasteiger partial charge is 0.364 e. The SMILES string of the molecule is CC1CN(c2ccccc2Cl)C(C)(C)CCN1. The minimum atomic E-state index is 0.142. The highest BCUT2D eigenvalue weighted by Gasteiger charge is 2.31. The number of nitrogens with zero attached hydrogens (tertiary/aromatic N) is 1. The van der Waals surface area contributed by atoms with Gasteiger partial charge in [-0.05, 0) is 45.9 Å². The number of benzene rings is 1. The van der Waals surface area contributed by atoms with Gasteiger partial charge in [-0.25, -0.2) is 0 Å². The third-order valence-corrected chi connectivity index (χ3v) is 3.88. The van der Waals surface area contributed by atoms with Crippen LogP contribution in [-0.4, -0.2) is 24.7 Å². The minimum Gasteiger partial charge on any atom is -0.364 e. The Balaban J connectivity index is 2.36. The fraction of sp³-hybridized carbons (Fsp3) is 0.571. The van der Waals surface area contributed by atoms with Crippen molar-refractivity contribution in [3.63, 3.8) is 0 Å². The van der Waals surface area contributed by atoms with Crippen molar-refractivity contribution >= 4 is 17.3 Å². The topological polar surface area (TPSA) is 15.3 Å². The molecule has 0 spiro atoms. The summed E-state index contributed by atoms with van der Waals surface area (Å²) in [5, 5.41) is 4.38. The molecule has 1 aliphatic rings. The number of halogens is 1. The summed E-state index contributed by atoms with van der Waals surface area (Å²) in [5.41, 5.74) is 1.29. The van der Waals surface area contributed by atoms with Crippen LogP contribution in [0.4, 0.5) is 5.69 Å². The van der Waals surface area contributed by atoms with Crippen LogP contribution in [-0.2, 0) is 0 Å². The van der Waals surface area contributed by atoms with Crippen LogP contribution in [0.15, 0.2) is 24.3 Å². The molecule has 1 N–H and O–H groups in total. The van der Waals surface area contributed by atoms with E-state index in [0.29, 0.717) is 6.04 Å². The van der Waals surface area contributed by atoms with Gasteiger partial charge in [0.1, 0.15) is 0 Å². The predicted octanol–water partition coefficient (Wildman–Crippen LogP) is 3.31. The summed E-state index contributed by atoms with van der Waals surface area (Å²) in [7, 11) is 0. The van der Waals surface area contributed by atoms with Gasteiger partial charge in [-0.2, -0.15) is 0 Å². The zero-order valence-electron chi connectivity index (χ0n) is 10.8. The molecule has 0 aromatic heterocycles. The standard InChI is InChI=1S/C14H21ClN2/c1-11-10-17(14(2,3)8-9-16-11)13-7-5-4-6-12(13)15/h4-7,11,16H,8-10H2,1-3H3. The summed E-state index contributed by atoms with van der Waals surface area (Å²) in [6.07, 6.45) is 1.13. The Kier molecular flexibility index (Phi) is 3.64. The number of nitrogens with one attached hydrogen (secondary N) is 1. The van der Waals surface area contributed by atoms with Gasteiger partial charge >= 0.3 is 0 Å². The molecular formula is C14H21ClN2. The first-order valence-corrected chi connectivity index (χ1v) is 6.64. The molecular weight excluding hydrogens is 232 g/mol. The van der Waals surface area contributed by atoms with Gasteiger partial charge in [-0.3, -0.25) is 0 Å². The van der Waals surface area contributed by atoms with Crippen molar-refractivity contribution < 1.29 is 0 Å². The Labute approximate surface area is 109 Å². The molecule has 0 aliphatic carbocycles. The van der Waals surface area contributed by atoms with E-state index in [4.69, 9.17) is 11.6 Å². The first-order chi connectivity index (χ1) is 8.00. The lowest BCUT2D eigenvalue weighted by Gasteiger charge is -2.40. The molecule has 1 atom stereocenters. The molecule has 3 heteroatoms. The number of rotatable bonds is 1. The van der Waals surface area contributed by atoms with E-state index in [9.17, 15) is 0 Å². The summed E-state index contributed by atoms with van der Waals surface area (Å²) in [6, 6.07) is 8.62. The van der Waals surface area contributed by atoms with E-state index in [1.165, 1.54) is 0 Å². The Hall–Kier alpha value is -0.730. The predicted molar refractivity (Wildman–Crippen MR) is 75.0 cm³/mol. The van der Waals surface area contributed by atoms with E-state index in [2.05, 4.69) is 43.1 Å². The monoisotopic (exact) mass is 252 g/mol. The second-order valence-corrected chi connectivity index (χ2v) is 5.89. The van der Waals surface area contributed by atoms with Crippen LogP contribution >= 0.6 is 11.6 Å². The summed E-state index contributed by atoms with van der Waals surface area (Å²) >= 11 is 6.32. The fourth-order valence-electron chi connectivity index (χ4n) is 2.44. The lowest BCUT2D eigenvalue weighted by atomic mass is 9.97. The zero-order chi connectivity index (χ0) is 12.5. The Bertz CT molecular complexity index is 390. The maximum Gasteiger partial charge on any atom is 0.0639 e. The molecule has 1 aliphatic heterocycles. The summed E-state index contributed by atoms with van der Waals surface area (Å²) < 4.78 is 0. The Morgan fingerprint density at radius 1 is 1.35 bits per heavy atom. The van der Waals surface area contributed by atoms with Gasteiger partial charge in [0.2, 0.25) is 0 Å². The number of anilines is 1. The molecule has 1 aromatic carbocycles. The highest BCUT2D eigenvalue weighted by molar-refractivity contribution is 6.33. The number of para-hydroxylation sites is 1. The normalized spacial score (nSPS) is 24.5. The van der Waals surface area contributed by atoms with Crippen molar-refractivity contribution in [2.45, 2.75) is 38.8 Å². The Morgan fingerprint density at radius 2 is 2.06 bits per heavy atom. The zero-order valence-corrected chi connectivity index (χ0v) is 11.6. The molecule has 2 rings (SSSR count). The molecule has 0 amide bonds. The van der Waals surface area contributed by atoms with Gasteiger partial charge in [0.15, 0.2) is 0 Å². The van der Waals surface area contributed by atoms with Crippen molar-refractivity contribution in [1.82, 2.24) is 5.32 Å². The molecule has 0 saturated carbocycles. The van der Waals surface area contributed by atoms with Crippen LogP contribution in [0.3, 0.4) is 0 Å². The molecule has 2 nitrogen and oxygen atoms in total. The molecule has 94 valence electrons. The maximum absolute atomic E-state index is 6.32. The third-order valence-electron chi connectivity index (χ3n) is 3.56. The molecule has 0 bridgehead atoms. The van der Waals surface area contributed by atoms with Crippen molar-refractivity contribution in [2.24, 2.45) is 0 Å². The molecule has 0 radical (unpaired) electrons.